The van der Waals surface area contributed by atoms with Gasteiger partial charge in [-0.1, -0.05) is 0 Å². The molecule has 0 saturated carbocycles. The smallest absolute Gasteiger partial charge is 0.182 e. The Balaban J connectivity index is 1.44. The number of nitrogens with zero attached hydrogens (tertiary/aromatic N) is 3. The summed E-state index contributed by atoms with van der Waals surface area (Å²) in [7, 11) is 1.64. The van der Waals surface area contributed by atoms with E-state index in [4.69, 9.17) is 9.47 Å². The molecule has 0 fully saturated rings. The Morgan fingerprint density at radius 1 is 1.09 bits per heavy atom. The molecule has 7 heteroatoms. The zero-order valence-corrected chi connectivity index (χ0v) is 12.2. The first-order chi connectivity index (χ1) is 10.9. The first-order valence-corrected chi connectivity index (χ1v) is 7.01. The van der Waals surface area contributed by atoms with Crippen molar-refractivity contribution in [2.75, 3.05) is 25.6 Å². The Kier molecular flexibility index (Phi) is 4.33. The van der Waals surface area contributed by atoms with Crippen molar-refractivity contribution < 1.29 is 9.47 Å². The second-order valence-electron chi connectivity index (χ2n) is 4.63. The Morgan fingerprint density at radius 2 is 1.91 bits per heavy atom. The number of hydrogen-bond acceptors (Lipinski definition) is 6. The molecule has 22 heavy (non-hydrogen) atoms. The van der Waals surface area contributed by atoms with E-state index < -0.39 is 0 Å². The highest BCUT2D eigenvalue weighted by Gasteiger charge is 2.04. The highest BCUT2D eigenvalue weighted by atomic mass is 16.5. The quantitative estimate of drug-likeness (QED) is 0.651. The van der Waals surface area contributed by atoms with Crippen molar-refractivity contribution in [2.45, 2.75) is 6.42 Å². The van der Waals surface area contributed by atoms with E-state index in [0.717, 1.165) is 35.8 Å². The van der Waals surface area contributed by atoms with Crippen LogP contribution < -0.4 is 14.8 Å². The Bertz CT molecular complexity index is 726. The molecule has 0 aliphatic rings. The lowest BCUT2D eigenvalue weighted by atomic mass is 10.3. The topological polar surface area (TPSA) is 84.9 Å². The number of methoxy groups -OCH3 is 1. The molecule has 0 aliphatic carbocycles. The lowest BCUT2D eigenvalue weighted by molar-refractivity contribution is 0.314. The van der Waals surface area contributed by atoms with E-state index in [1.165, 1.54) is 6.33 Å². The minimum absolute atomic E-state index is 0.622. The minimum Gasteiger partial charge on any atom is -0.497 e. The highest BCUT2D eigenvalue weighted by Crippen LogP contribution is 2.17. The van der Waals surface area contributed by atoms with Gasteiger partial charge in [0.05, 0.1) is 20.0 Å². The van der Waals surface area contributed by atoms with E-state index in [9.17, 15) is 0 Å². The first kappa shape index (κ1) is 14.1. The van der Waals surface area contributed by atoms with Gasteiger partial charge in [-0.25, -0.2) is 15.0 Å². The van der Waals surface area contributed by atoms with Gasteiger partial charge in [0, 0.05) is 6.54 Å². The van der Waals surface area contributed by atoms with Crippen LogP contribution in [-0.2, 0) is 0 Å². The van der Waals surface area contributed by atoms with Crippen LogP contribution in [-0.4, -0.2) is 40.2 Å². The fraction of sp³-hybridized carbons (Fsp3) is 0.267. The fourth-order valence-corrected chi connectivity index (χ4v) is 2.04. The van der Waals surface area contributed by atoms with Gasteiger partial charge in [0.2, 0.25) is 0 Å². The van der Waals surface area contributed by atoms with Crippen molar-refractivity contribution in [2.24, 2.45) is 0 Å². The fourth-order valence-electron chi connectivity index (χ4n) is 2.04. The molecule has 0 saturated heterocycles. The third kappa shape index (κ3) is 3.25. The van der Waals surface area contributed by atoms with Crippen molar-refractivity contribution in [3.05, 3.63) is 36.9 Å². The van der Waals surface area contributed by atoms with Gasteiger partial charge in [0.15, 0.2) is 11.5 Å². The first-order valence-electron chi connectivity index (χ1n) is 7.01. The van der Waals surface area contributed by atoms with E-state index >= 15 is 0 Å². The summed E-state index contributed by atoms with van der Waals surface area (Å²) in [6.45, 7) is 1.37. The van der Waals surface area contributed by atoms with E-state index in [0.29, 0.717) is 12.3 Å². The van der Waals surface area contributed by atoms with E-state index in [-0.39, 0.29) is 0 Å². The van der Waals surface area contributed by atoms with Crippen molar-refractivity contribution in [3.8, 4) is 11.5 Å². The lowest BCUT2D eigenvalue weighted by Crippen LogP contribution is -2.08. The number of aromatic amines is 1. The molecule has 0 atom stereocenters. The van der Waals surface area contributed by atoms with Gasteiger partial charge in [-0.3, -0.25) is 0 Å². The zero-order chi connectivity index (χ0) is 15.2. The van der Waals surface area contributed by atoms with Crippen molar-refractivity contribution in [3.63, 3.8) is 0 Å². The Morgan fingerprint density at radius 3 is 2.73 bits per heavy atom. The normalized spacial score (nSPS) is 10.6. The molecule has 0 unspecified atom stereocenters. The summed E-state index contributed by atoms with van der Waals surface area (Å²) in [6.07, 6.45) is 3.96. The lowest BCUT2D eigenvalue weighted by Gasteiger charge is -2.08. The van der Waals surface area contributed by atoms with E-state index in [1.807, 2.05) is 24.3 Å². The van der Waals surface area contributed by atoms with Crippen LogP contribution in [0.4, 0.5) is 5.82 Å². The van der Waals surface area contributed by atoms with Gasteiger partial charge in [0.25, 0.3) is 0 Å². The average molecular weight is 299 g/mol. The van der Waals surface area contributed by atoms with Crippen LogP contribution in [0.2, 0.25) is 0 Å². The largest absolute Gasteiger partial charge is 0.497 e. The molecule has 3 rings (SSSR count). The summed E-state index contributed by atoms with van der Waals surface area (Å²) in [5, 5.41) is 3.26. The molecule has 2 N–H and O–H groups in total. The Hall–Kier alpha value is -2.83. The summed E-state index contributed by atoms with van der Waals surface area (Å²) in [4.78, 5) is 15.4. The van der Waals surface area contributed by atoms with E-state index in [1.54, 1.807) is 13.4 Å². The molecular formula is C15H17N5O2. The number of fused-ring (bicyclic) bond motifs is 1. The molecule has 3 aromatic rings. The van der Waals surface area contributed by atoms with Crippen molar-refractivity contribution in [1.82, 2.24) is 19.9 Å². The SMILES string of the molecule is COc1ccc(OCCCNc2ncnc3nc[nH]c23)cc1. The number of nitrogens with one attached hydrogen (secondary N) is 2. The van der Waals surface area contributed by atoms with Gasteiger partial charge < -0.3 is 19.8 Å². The molecule has 2 heterocycles. The molecular weight excluding hydrogens is 282 g/mol. The number of rotatable bonds is 7. The molecule has 1 aromatic carbocycles. The zero-order valence-electron chi connectivity index (χ0n) is 12.2. The summed E-state index contributed by atoms with van der Waals surface area (Å²) in [6, 6.07) is 7.54. The predicted molar refractivity (Wildman–Crippen MR) is 83.3 cm³/mol. The van der Waals surface area contributed by atoms with Crippen LogP contribution >= 0.6 is 0 Å². The van der Waals surface area contributed by atoms with Crippen LogP contribution in [0.1, 0.15) is 6.42 Å². The van der Waals surface area contributed by atoms with E-state index in [2.05, 4.69) is 25.3 Å². The number of ether oxygens (including phenoxy) is 2. The van der Waals surface area contributed by atoms with Gasteiger partial charge >= 0.3 is 0 Å². The number of H-pyrrole nitrogens is 1. The van der Waals surface area contributed by atoms with Gasteiger partial charge in [-0.2, -0.15) is 0 Å². The minimum atomic E-state index is 0.622. The van der Waals surface area contributed by atoms with Crippen LogP contribution in [0.5, 0.6) is 11.5 Å². The third-order valence-electron chi connectivity index (χ3n) is 3.16. The summed E-state index contributed by atoms with van der Waals surface area (Å²) in [5.41, 5.74) is 1.48. The van der Waals surface area contributed by atoms with Crippen LogP contribution in [0, 0.1) is 0 Å². The molecule has 0 spiro atoms. The van der Waals surface area contributed by atoms with Crippen molar-refractivity contribution in [1.29, 1.82) is 0 Å². The maximum Gasteiger partial charge on any atom is 0.182 e. The third-order valence-corrected chi connectivity index (χ3v) is 3.16. The molecule has 0 radical (unpaired) electrons. The number of imidazole rings is 1. The second-order valence-corrected chi connectivity index (χ2v) is 4.63. The molecule has 0 bridgehead atoms. The summed E-state index contributed by atoms with van der Waals surface area (Å²) < 4.78 is 10.8. The number of aromatic nitrogens is 4. The molecule has 2 aromatic heterocycles. The van der Waals surface area contributed by atoms with Crippen LogP contribution in [0.15, 0.2) is 36.9 Å². The number of hydrogen-bond donors (Lipinski definition) is 2. The average Bonchev–Trinajstić information content (AvgIpc) is 3.04. The number of anilines is 1. The van der Waals surface area contributed by atoms with Crippen molar-refractivity contribution >= 4 is 17.0 Å². The highest BCUT2D eigenvalue weighted by molar-refractivity contribution is 5.81. The van der Waals surface area contributed by atoms with Crippen LogP contribution in [0.3, 0.4) is 0 Å². The maximum absolute atomic E-state index is 5.67. The molecule has 7 nitrogen and oxygen atoms in total. The van der Waals surface area contributed by atoms with Gasteiger partial charge in [-0.15, -0.1) is 0 Å². The van der Waals surface area contributed by atoms with Crippen LogP contribution in [0.25, 0.3) is 11.2 Å². The maximum atomic E-state index is 5.67. The molecule has 114 valence electrons. The number of benzene rings is 1. The van der Waals surface area contributed by atoms with Gasteiger partial charge in [0.1, 0.15) is 23.3 Å². The predicted octanol–water partition coefficient (Wildman–Crippen LogP) is 2.24. The molecule has 0 aliphatic heterocycles. The molecule has 0 amide bonds. The summed E-state index contributed by atoms with van der Waals surface area (Å²) >= 11 is 0. The Labute approximate surface area is 127 Å². The standard InChI is InChI=1S/C15H17N5O2/c1-21-11-3-5-12(6-4-11)22-8-2-7-16-14-13-15(18-9-17-13)20-10-19-14/h3-6,9-10H,2,7-8H2,1H3,(H2,16,17,18,19,20). The second kappa shape index (κ2) is 6.75. The summed E-state index contributed by atoms with van der Waals surface area (Å²) in [5.74, 6) is 2.41. The van der Waals surface area contributed by atoms with Gasteiger partial charge in [-0.05, 0) is 30.7 Å². The monoisotopic (exact) mass is 299 g/mol.